The van der Waals surface area contributed by atoms with Gasteiger partial charge in [0, 0.05) is 34.9 Å². The van der Waals surface area contributed by atoms with Gasteiger partial charge in [-0.15, -0.1) is 0 Å². The molecule has 0 amide bonds. The molecule has 1 N–H and O–H groups in total. The van der Waals surface area contributed by atoms with Crippen molar-refractivity contribution in [3.05, 3.63) is 12.2 Å². The number of methoxy groups -OCH3 is 4. The third-order valence-corrected chi connectivity index (χ3v) is 2.88. The Labute approximate surface area is 89.6 Å². The van der Waals surface area contributed by atoms with E-state index in [9.17, 15) is 5.11 Å². The minimum absolute atomic E-state index is 0.440. The molecule has 88 valence electrons. The van der Waals surface area contributed by atoms with Gasteiger partial charge in [0.1, 0.15) is 0 Å². The second-order valence-electron chi connectivity index (χ2n) is 3.36. The number of aliphatic hydroxyl groups excluding tert-OH is 1. The monoisotopic (exact) mass is 218 g/mol. The van der Waals surface area contributed by atoms with Crippen LogP contribution in [0.25, 0.3) is 0 Å². The lowest BCUT2D eigenvalue weighted by Gasteiger charge is -2.45. The molecule has 0 heterocycles. The van der Waals surface area contributed by atoms with Crippen molar-refractivity contribution in [2.45, 2.75) is 24.1 Å². The summed E-state index contributed by atoms with van der Waals surface area (Å²) in [4.78, 5) is 0. The summed E-state index contributed by atoms with van der Waals surface area (Å²) in [6, 6.07) is 0. The van der Waals surface area contributed by atoms with Gasteiger partial charge < -0.3 is 24.1 Å². The van der Waals surface area contributed by atoms with Crippen LogP contribution in [0.3, 0.4) is 0 Å². The summed E-state index contributed by atoms with van der Waals surface area (Å²) in [5.41, 5.74) is 0. The lowest BCUT2D eigenvalue weighted by Crippen LogP contribution is -2.61. The molecule has 1 aliphatic rings. The summed E-state index contributed by atoms with van der Waals surface area (Å²) < 4.78 is 20.8. The summed E-state index contributed by atoms with van der Waals surface area (Å²) in [6.07, 6.45) is 2.84. The zero-order valence-electron chi connectivity index (χ0n) is 9.52. The van der Waals surface area contributed by atoms with E-state index in [0.717, 1.165) is 0 Å². The van der Waals surface area contributed by atoms with Gasteiger partial charge in [0.2, 0.25) is 11.6 Å². The standard InChI is InChI=1S/C10H18O5/c1-12-9(13-2)6-5-7-10(14-3,15-4)8(9)11/h5-6,8,11H,7H2,1-4H3. The Morgan fingerprint density at radius 3 is 2.00 bits per heavy atom. The molecule has 1 atom stereocenters. The highest BCUT2D eigenvalue weighted by Gasteiger charge is 2.53. The van der Waals surface area contributed by atoms with Crippen LogP contribution in [-0.2, 0) is 18.9 Å². The minimum Gasteiger partial charge on any atom is -0.382 e. The van der Waals surface area contributed by atoms with Crippen molar-refractivity contribution in [3.63, 3.8) is 0 Å². The second-order valence-corrected chi connectivity index (χ2v) is 3.36. The SMILES string of the molecule is COC1(OC)C=CCC(OC)(OC)C1O. The molecule has 0 fully saturated rings. The quantitative estimate of drug-likeness (QED) is 0.542. The zero-order valence-corrected chi connectivity index (χ0v) is 9.52. The fraction of sp³-hybridized carbons (Fsp3) is 0.800. The Hall–Kier alpha value is -0.460. The number of hydrogen-bond donors (Lipinski definition) is 1. The van der Waals surface area contributed by atoms with Crippen molar-refractivity contribution in [2.24, 2.45) is 0 Å². The molecule has 5 heteroatoms. The first-order valence-corrected chi connectivity index (χ1v) is 4.67. The van der Waals surface area contributed by atoms with Crippen LogP contribution >= 0.6 is 0 Å². The van der Waals surface area contributed by atoms with Gasteiger partial charge in [0.25, 0.3) is 0 Å². The predicted molar refractivity (Wildman–Crippen MR) is 53.3 cm³/mol. The molecule has 15 heavy (non-hydrogen) atoms. The minimum atomic E-state index is -1.22. The Bertz CT molecular complexity index is 230. The maximum Gasteiger partial charge on any atom is 0.219 e. The Morgan fingerprint density at radius 2 is 1.60 bits per heavy atom. The molecule has 0 saturated carbocycles. The largest absolute Gasteiger partial charge is 0.382 e. The molecule has 0 bridgehead atoms. The highest BCUT2D eigenvalue weighted by molar-refractivity contribution is 5.12. The average molecular weight is 218 g/mol. The first kappa shape index (κ1) is 12.6. The maximum absolute atomic E-state index is 10.2. The molecule has 0 aromatic carbocycles. The van der Waals surface area contributed by atoms with E-state index >= 15 is 0 Å². The third-order valence-electron chi connectivity index (χ3n) is 2.88. The van der Waals surface area contributed by atoms with E-state index in [2.05, 4.69) is 0 Å². The van der Waals surface area contributed by atoms with Gasteiger partial charge in [-0.3, -0.25) is 0 Å². The van der Waals surface area contributed by atoms with E-state index in [4.69, 9.17) is 18.9 Å². The van der Waals surface area contributed by atoms with Crippen molar-refractivity contribution in [2.75, 3.05) is 28.4 Å². The highest BCUT2D eigenvalue weighted by atomic mass is 16.7. The third kappa shape index (κ3) is 1.81. The van der Waals surface area contributed by atoms with E-state index in [1.807, 2.05) is 0 Å². The van der Waals surface area contributed by atoms with Crippen LogP contribution < -0.4 is 0 Å². The Balaban J connectivity index is 3.05. The van der Waals surface area contributed by atoms with Gasteiger partial charge in [-0.25, -0.2) is 0 Å². The number of rotatable bonds is 4. The molecule has 0 spiro atoms. The molecular weight excluding hydrogens is 200 g/mol. The van der Waals surface area contributed by atoms with E-state index in [1.54, 1.807) is 12.2 Å². The summed E-state index contributed by atoms with van der Waals surface area (Å²) >= 11 is 0. The smallest absolute Gasteiger partial charge is 0.219 e. The van der Waals surface area contributed by atoms with Crippen LogP contribution in [0.2, 0.25) is 0 Å². The molecule has 1 aliphatic carbocycles. The molecule has 5 nitrogen and oxygen atoms in total. The van der Waals surface area contributed by atoms with E-state index in [0.29, 0.717) is 6.42 Å². The van der Waals surface area contributed by atoms with Crippen molar-refractivity contribution in [1.82, 2.24) is 0 Å². The summed E-state index contributed by atoms with van der Waals surface area (Å²) in [6.45, 7) is 0. The fourth-order valence-electron chi connectivity index (χ4n) is 1.81. The lowest BCUT2D eigenvalue weighted by molar-refractivity contribution is -0.339. The lowest BCUT2D eigenvalue weighted by atomic mass is 9.91. The normalized spacial score (nSPS) is 27.9. The molecular formula is C10H18O5. The molecule has 0 aromatic heterocycles. The molecule has 0 aromatic rings. The number of ether oxygens (including phenoxy) is 4. The van der Waals surface area contributed by atoms with Crippen LogP contribution in [0, 0.1) is 0 Å². The van der Waals surface area contributed by atoms with Crippen LogP contribution in [0.1, 0.15) is 6.42 Å². The van der Waals surface area contributed by atoms with Crippen molar-refractivity contribution >= 4 is 0 Å². The Morgan fingerprint density at radius 1 is 1.07 bits per heavy atom. The maximum atomic E-state index is 10.2. The van der Waals surface area contributed by atoms with Crippen LogP contribution in [-0.4, -0.2) is 51.2 Å². The Kier molecular flexibility index (Phi) is 3.86. The molecule has 0 radical (unpaired) electrons. The molecule has 1 unspecified atom stereocenters. The van der Waals surface area contributed by atoms with Gasteiger partial charge >= 0.3 is 0 Å². The van der Waals surface area contributed by atoms with Gasteiger partial charge in [-0.2, -0.15) is 0 Å². The fourth-order valence-corrected chi connectivity index (χ4v) is 1.81. The molecule has 1 rings (SSSR count). The van der Waals surface area contributed by atoms with Crippen molar-refractivity contribution < 1.29 is 24.1 Å². The molecule has 0 aliphatic heterocycles. The van der Waals surface area contributed by atoms with Crippen LogP contribution in [0.15, 0.2) is 12.2 Å². The van der Waals surface area contributed by atoms with Crippen LogP contribution in [0.4, 0.5) is 0 Å². The molecule has 0 saturated heterocycles. The van der Waals surface area contributed by atoms with Crippen molar-refractivity contribution in [1.29, 1.82) is 0 Å². The number of hydrogen-bond acceptors (Lipinski definition) is 5. The summed E-state index contributed by atoms with van der Waals surface area (Å²) in [7, 11) is 5.86. The van der Waals surface area contributed by atoms with Gasteiger partial charge in [0.05, 0.1) is 0 Å². The van der Waals surface area contributed by atoms with E-state index < -0.39 is 17.7 Å². The number of aliphatic hydroxyl groups is 1. The predicted octanol–water partition coefficient (Wildman–Crippen LogP) is 0.285. The average Bonchev–Trinajstić information content (AvgIpc) is 2.30. The zero-order chi connectivity index (χ0) is 11.5. The topological polar surface area (TPSA) is 57.2 Å². The summed E-state index contributed by atoms with van der Waals surface area (Å²) in [5, 5.41) is 10.2. The van der Waals surface area contributed by atoms with Gasteiger partial charge in [-0.1, -0.05) is 6.08 Å². The van der Waals surface area contributed by atoms with Crippen molar-refractivity contribution in [3.8, 4) is 0 Å². The van der Waals surface area contributed by atoms with Gasteiger partial charge in [-0.05, 0) is 6.08 Å². The first-order valence-electron chi connectivity index (χ1n) is 4.67. The first-order chi connectivity index (χ1) is 7.10. The highest BCUT2D eigenvalue weighted by Crippen LogP contribution is 2.36. The van der Waals surface area contributed by atoms with E-state index in [-0.39, 0.29) is 0 Å². The van der Waals surface area contributed by atoms with E-state index in [1.165, 1.54) is 28.4 Å². The van der Waals surface area contributed by atoms with Crippen LogP contribution in [0.5, 0.6) is 0 Å². The van der Waals surface area contributed by atoms with Gasteiger partial charge in [0.15, 0.2) is 6.10 Å². The summed E-state index contributed by atoms with van der Waals surface area (Å²) in [5.74, 6) is -2.34. The second kappa shape index (κ2) is 4.59.